The molecule has 1 heterocycles. The van der Waals surface area contributed by atoms with Gasteiger partial charge >= 0.3 is 5.97 Å². The van der Waals surface area contributed by atoms with Gasteiger partial charge in [0.1, 0.15) is 6.61 Å². The average molecular weight is 408 g/mol. The molecule has 0 saturated carbocycles. The Morgan fingerprint density at radius 1 is 1.21 bits per heavy atom. The fourth-order valence-electron chi connectivity index (χ4n) is 2.34. The number of tetrazole rings is 1. The lowest BCUT2D eigenvalue weighted by Crippen LogP contribution is -2.14. The number of hydrogen-bond donors (Lipinski definition) is 1. The van der Waals surface area contributed by atoms with Gasteiger partial charge in [0.15, 0.2) is 0 Å². The molecular weight excluding hydrogens is 392 g/mol. The number of ether oxygens (including phenoxy) is 1. The Morgan fingerprint density at radius 2 is 1.97 bits per heavy atom. The predicted octanol–water partition coefficient (Wildman–Crippen LogP) is 2.17. The largest absolute Gasteiger partial charge is 0.457 e. The van der Waals surface area contributed by atoms with E-state index in [4.69, 9.17) is 10.00 Å². The number of nitriles is 1. The number of aromatic nitrogens is 4. The number of aryl methyl sites for hydroxylation is 1. The van der Waals surface area contributed by atoms with E-state index < -0.39 is 5.97 Å². The monoisotopic (exact) mass is 408 g/mol. The maximum atomic E-state index is 12.2. The van der Waals surface area contributed by atoms with Gasteiger partial charge in [0, 0.05) is 18.3 Å². The van der Waals surface area contributed by atoms with Crippen molar-refractivity contribution >= 4 is 29.3 Å². The van der Waals surface area contributed by atoms with E-state index >= 15 is 0 Å². The Balaban J connectivity index is 1.51. The minimum atomic E-state index is -0.513. The van der Waals surface area contributed by atoms with Gasteiger partial charge in [0.25, 0.3) is 0 Å². The molecule has 0 aliphatic rings. The van der Waals surface area contributed by atoms with Crippen LogP contribution in [0.15, 0.2) is 53.7 Å². The molecule has 0 aliphatic carbocycles. The second kappa shape index (κ2) is 9.48. The van der Waals surface area contributed by atoms with E-state index in [1.807, 2.05) is 0 Å². The van der Waals surface area contributed by atoms with Gasteiger partial charge in [0.2, 0.25) is 11.1 Å². The van der Waals surface area contributed by atoms with E-state index in [1.165, 1.54) is 16.4 Å². The van der Waals surface area contributed by atoms with Gasteiger partial charge < -0.3 is 10.1 Å². The van der Waals surface area contributed by atoms with Gasteiger partial charge in [-0.1, -0.05) is 30.0 Å². The lowest BCUT2D eigenvalue weighted by atomic mass is 10.1. The molecule has 9 nitrogen and oxygen atoms in total. The zero-order valence-electron chi connectivity index (χ0n) is 15.4. The van der Waals surface area contributed by atoms with Crippen LogP contribution in [-0.2, 0) is 23.2 Å². The summed E-state index contributed by atoms with van der Waals surface area (Å²) in [6.07, 6.45) is 0. The van der Waals surface area contributed by atoms with Gasteiger partial charge in [0.05, 0.1) is 22.9 Å². The zero-order valence-corrected chi connectivity index (χ0v) is 16.2. The number of carbonyl (C=O) groups excluding carboxylic acids is 2. The van der Waals surface area contributed by atoms with Crippen molar-refractivity contribution in [2.45, 2.75) is 11.8 Å². The van der Waals surface area contributed by atoms with E-state index in [-0.39, 0.29) is 18.3 Å². The molecule has 3 aromatic rings. The number of nitrogens with zero attached hydrogens (tertiary/aromatic N) is 5. The van der Waals surface area contributed by atoms with Crippen LogP contribution in [-0.4, -0.2) is 37.8 Å². The third kappa shape index (κ3) is 5.40. The predicted molar refractivity (Wildman–Crippen MR) is 105 cm³/mol. The average Bonchev–Trinajstić information content (AvgIpc) is 3.16. The first-order valence-corrected chi connectivity index (χ1v) is 9.45. The van der Waals surface area contributed by atoms with Gasteiger partial charge in [-0.2, -0.15) is 5.26 Å². The highest BCUT2D eigenvalue weighted by molar-refractivity contribution is 7.99. The molecule has 0 saturated heterocycles. The number of hydrogen-bond acceptors (Lipinski definition) is 8. The number of thioether (sulfide) groups is 1. The summed E-state index contributed by atoms with van der Waals surface area (Å²) < 4.78 is 6.75. The maximum absolute atomic E-state index is 12.2. The van der Waals surface area contributed by atoms with Crippen LogP contribution in [0.4, 0.5) is 5.69 Å². The second-order valence-corrected chi connectivity index (χ2v) is 6.79. The quantitative estimate of drug-likeness (QED) is 0.466. The Kier molecular flexibility index (Phi) is 6.55. The first-order chi connectivity index (χ1) is 14.1. The van der Waals surface area contributed by atoms with Crippen LogP contribution in [0.3, 0.4) is 0 Å². The summed E-state index contributed by atoms with van der Waals surface area (Å²) in [5.74, 6) is -0.585. The number of amides is 1. The van der Waals surface area contributed by atoms with E-state index in [0.717, 1.165) is 0 Å². The summed E-state index contributed by atoms with van der Waals surface area (Å²) in [6, 6.07) is 15.4. The van der Waals surface area contributed by atoms with Crippen LogP contribution in [0.5, 0.6) is 0 Å². The highest BCUT2D eigenvalue weighted by Gasteiger charge is 2.11. The molecule has 0 aliphatic heterocycles. The minimum absolute atomic E-state index is 0.00911. The molecule has 0 unspecified atom stereocenters. The minimum Gasteiger partial charge on any atom is -0.457 e. The van der Waals surface area contributed by atoms with Crippen molar-refractivity contribution < 1.29 is 14.3 Å². The van der Waals surface area contributed by atoms with Crippen molar-refractivity contribution in [3.05, 3.63) is 65.2 Å². The first-order valence-electron chi connectivity index (χ1n) is 8.47. The van der Waals surface area contributed by atoms with Crippen LogP contribution in [0, 0.1) is 11.3 Å². The third-order valence-electron chi connectivity index (χ3n) is 3.81. The first kappa shape index (κ1) is 20.0. The fraction of sp³-hybridized carbons (Fsp3) is 0.158. The topological polar surface area (TPSA) is 123 Å². The highest BCUT2D eigenvalue weighted by atomic mass is 32.2. The maximum Gasteiger partial charge on any atom is 0.338 e. The smallest absolute Gasteiger partial charge is 0.338 e. The molecule has 0 fully saturated rings. The molecule has 0 radical (unpaired) electrons. The van der Waals surface area contributed by atoms with Crippen LogP contribution >= 0.6 is 11.8 Å². The number of anilines is 1. The Morgan fingerprint density at radius 3 is 2.66 bits per heavy atom. The molecule has 1 aromatic heterocycles. The molecule has 29 heavy (non-hydrogen) atoms. The van der Waals surface area contributed by atoms with Crippen molar-refractivity contribution in [2.24, 2.45) is 7.05 Å². The second-order valence-electron chi connectivity index (χ2n) is 5.84. The summed E-state index contributed by atoms with van der Waals surface area (Å²) >= 11 is 1.21. The van der Waals surface area contributed by atoms with Crippen LogP contribution in [0.1, 0.15) is 21.5 Å². The van der Waals surface area contributed by atoms with Crippen molar-refractivity contribution in [1.82, 2.24) is 20.2 Å². The number of benzene rings is 2. The number of rotatable bonds is 7. The van der Waals surface area contributed by atoms with E-state index in [9.17, 15) is 9.59 Å². The Labute approximate surface area is 170 Å². The van der Waals surface area contributed by atoms with E-state index in [1.54, 1.807) is 55.6 Å². The fourth-order valence-corrected chi connectivity index (χ4v) is 2.99. The van der Waals surface area contributed by atoms with E-state index in [0.29, 0.717) is 27.5 Å². The van der Waals surface area contributed by atoms with Crippen LogP contribution in [0.25, 0.3) is 0 Å². The van der Waals surface area contributed by atoms with Gasteiger partial charge in [-0.3, -0.25) is 4.79 Å². The standard InChI is InChI=1S/C19H16N6O3S/c1-25-19(22-23-24-25)29-12-17(26)21-16-8-6-13(7-9-16)18(27)28-11-15-5-3-2-4-14(15)10-20/h2-9H,11-12H2,1H3,(H,21,26). The Hall–Kier alpha value is -3.71. The van der Waals surface area contributed by atoms with Gasteiger partial charge in [-0.25, -0.2) is 9.48 Å². The lowest BCUT2D eigenvalue weighted by molar-refractivity contribution is -0.113. The van der Waals surface area contributed by atoms with Crippen molar-refractivity contribution in [1.29, 1.82) is 5.26 Å². The van der Waals surface area contributed by atoms with E-state index in [2.05, 4.69) is 26.9 Å². The molecule has 0 bridgehead atoms. The number of nitrogens with one attached hydrogen (secondary N) is 1. The molecule has 1 amide bonds. The molecular formula is C19H16N6O3S. The third-order valence-corrected chi connectivity index (χ3v) is 4.83. The SMILES string of the molecule is Cn1nnnc1SCC(=O)Nc1ccc(C(=O)OCc2ccccc2C#N)cc1. The molecule has 2 aromatic carbocycles. The van der Waals surface area contributed by atoms with Crippen molar-refractivity contribution in [3.8, 4) is 6.07 Å². The van der Waals surface area contributed by atoms with Crippen molar-refractivity contribution in [3.63, 3.8) is 0 Å². The molecule has 0 atom stereocenters. The number of esters is 1. The molecule has 0 spiro atoms. The molecule has 10 heteroatoms. The summed E-state index contributed by atoms with van der Waals surface area (Å²) in [7, 11) is 1.69. The Bertz CT molecular complexity index is 1060. The lowest BCUT2D eigenvalue weighted by Gasteiger charge is -2.08. The van der Waals surface area contributed by atoms with Crippen LogP contribution in [0.2, 0.25) is 0 Å². The summed E-state index contributed by atoms with van der Waals surface area (Å²) in [6.45, 7) is 0.00911. The number of carbonyl (C=O) groups is 2. The van der Waals surface area contributed by atoms with Crippen LogP contribution < -0.4 is 5.32 Å². The van der Waals surface area contributed by atoms with Crippen molar-refractivity contribution in [2.75, 3.05) is 11.1 Å². The summed E-state index contributed by atoms with van der Waals surface area (Å²) in [5.41, 5.74) is 2.01. The molecule has 3 rings (SSSR count). The highest BCUT2D eigenvalue weighted by Crippen LogP contribution is 2.15. The summed E-state index contributed by atoms with van der Waals surface area (Å²) in [4.78, 5) is 24.2. The normalized spacial score (nSPS) is 10.2. The zero-order chi connectivity index (χ0) is 20.6. The van der Waals surface area contributed by atoms with Gasteiger partial charge in [-0.05, 0) is 40.8 Å². The molecule has 146 valence electrons. The van der Waals surface area contributed by atoms with Gasteiger partial charge in [-0.15, -0.1) is 5.10 Å². The summed E-state index contributed by atoms with van der Waals surface area (Å²) in [5, 5.41) is 23.3. The molecule has 1 N–H and O–H groups in total.